The van der Waals surface area contributed by atoms with Crippen molar-refractivity contribution in [1.29, 1.82) is 0 Å². The second-order valence-electron chi connectivity index (χ2n) is 4.18. The molecule has 3 heteroatoms. The largest absolute Gasteiger partial charge is 0.383 e. The zero-order chi connectivity index (χ0) is 10.4. The summed E-state index contributed by atoms with van der Waals surface area (Å²) in [5.41, 5.74) is 0. The van der Waals surface area contributed by atoms with Crippen LogP contribution in [0.15, 0.2) is 0 Å². The van der Waals surface area contributed by atoms with E-state index in [1.165, 1.54) is 12.8 Å². The lowest BCUT2D eigenvalue weighted by Crippen LogP contribution is -2.41. The summed E-state index contributed by atoms with van der Waals surface area (Å²) >= 11 is 0. The molecule has 0 radical (unpaired) electrons. The standard InChI is InChI=1S/C11H24N2O/c1-4-12-10(2)9-13(7-8-14-3)11-5-6-11/h10-12H,4-9H2,1-3H3. The molecular formula is C11H24N2O. The van der Waals surface area contributed by atoms with E-state index in [0.29, 0.717) is 6.04 Å². The van der Waals surface area contributed by atoms with Crippen LogP contribution in [0.25, 0.3) is 0 Å². The van der Waals surface area contributed by atoms with Crippen LogP contribution in [0.4, 0.5) is 0 Å². The molecule has 0 aromatic carbocycles. The molecule has 0 amide bonds. The van der Waals surface area contributed by atoms with Crippen LogP contribution in [0, 0.1) is 0 Å². The monoisotopic (exact) mass is 200 g/mol. The van der Waals surface area contributed by atoms with Crippen LogP contribution < -0.4 is 5.32 Å². The van der Waals surface area contributed by atoms with E-state index < -0.39 is 0 Å². The lowest BCUT2D eigenvalue weighted by atomic mass is 10.3. The van der Waals surface area contributed by atoms with Crippen LogP contribution in [0.5, 0.6) is 0 Å². The zero-order valence-electron chi connectivity index (χ0n) is 9.75. The Labute approximate surface area is 87.8 Å². The molecule has 84 valence electrons. The Bertz CT molecular complexity index is 148. The highest BCUT2D eigenvalue weighted by Crippen LogP contribution is 2.26. The first-order chi connectivity index (χ1) is 6.77. The van der Waals surface area contributed by atoms with E-state index in [2.05, 4.69) is 24.1 Å². The predicted octanol–water partition coefficient (Wildman–Crippen LogP) is 1.10. The summed E-state index contributed by atoms with van der Waals surface area (Å²) in [4.78, 5) is 2.55. The molecule has 0 aromatic heterocycles. The Kier molecular flexibility index (Phi) is 5.45. The van der Waals surface area contributed by atoms with Gasteiger partial charge in [0.1, 0.15) is 0 Å². The van der Waals surface area contributed by atoms with Crippen molar-refractivity contribution in [1.82, 2.24) is 10.2 Å². The third-order valence-electron chi connectivity index (χ3n) is 2.71. The maximum Gasteiger partial charge on any atom is 0.0589 e. The maximum absolute atomic E-state index is 5.13. The van der Waals surface area contributed by atoms with Gasteiger partial charge in [0.05, 0.1) is 6.61 Å². The highest BCUT2D eigenvalue weighted by Gasteiger charge is 2.29. The Balaban J connectivity index is 2.20. The summed E-state index contributed by atoms with van der Waals surface area (Å²) in [6.07, 6.45) is 2.76. The van der Waals surface area contributed by atoms with Gasteiger partial charge >= 0.3 is 0 Å². The quantitative estimate of drug-likeness (QED) is 0.635. The second-order valence-corrected chi connectivity index (χ2v) is 4.18. The number of likely N-dealkylation sites (N-methyl/N-ethyl adjacent to an activating group) is 1. The summed E-state index contributed by atoms with van der Waals surface area (Å²) in [5, 5.41) is 3.45. The lowest BCUT2D eigenvalue weighted by molar-refractivity contribution is 0.137. The molecule has 1 rings (SSSR count). The van der Waals surface area contributed by atoms with Gasteiger partial charge in [-0.3, -0.25) is 4.90 Å². The van der Waals surface area contributed by atoms with E-state index >= 15 is 0 Å². The van der Waals surface area contributed by atoms with Gasteiger partial charge in [0.15, 0.2) is 0 Å². The second kappa shape index (κ2) is 6.38. The number of hydrogen-bond donors (Lipinski definition) is 1. The van der Waals surface area contributed by atoms with E-state index in [0.717, 1.165) is 32.3 Å². The van der Waals surface area contributed by atoms with Crippen molar-refractivity contribution >= 4 is 0 Å². The van der Waals surface area contributed by atoms with Gasteiger partial charge in [-0.2, -0.15) is 0 Å². The maximum atomic E-state index is 5.13. The first kappa shape index (κ1) is 12.0. The van der Waals surface area contributed by atoms with Crippen molar-refractivity contribution in [2.45, 2.75) is 38.8 Å². The van der Waals surface area contributed by atoms with Crippen LogP contribution in [0.3, 0.4) is 0 Å². The number of ether oxygens (including phenoxy) is 1. The van der Waals surface area contributed by atoms with Crippen LogP contribution in [-0.2, 0) is 4.74 Å². The van der Waals surface area contributed by atoms with Gasteiger partial charge < -0.3 is 10.1 Å². The number of rotatable bonds is 8. The average molecular weight is 200 g/mol. The molecule has 1 saturated carbocycles. The van der Waals surface area contributed by atoms with Crippen molar-refractivity contribution in [2.75, 3.05) is 33.4 Å². The normalized spacial score (nSPS) is 18.9. The van der Waals surface area contributed by atoms with Gasteiger partial charge in [-0.1, -0.05) is 6.92 Å². The van der Waals surface area contributed by atoms with E-state index in [-0.39, 0.29) is 0 Å². The van der Waals surface area contributed by atoms with Gasteiger partial charge in [-0.25, -0.2) is 0 Å². The number of methoxy groups -OCH3 is 1. The smallest absolute Gasteiger partial charge is 0.0589 e. The first-order valence-electron chi connectivity index (χ1n) is 5.74. The lowest BCUT2D eigenvalue weighted by Gasteiger charge is -2.25. The number of nitrogens with one attached hydrogen (secondary N) is 1. The zero-order valence-corrected chi connectivity index (χ0v) is 9.75. The van der Waals surface area contributed by atoms with Crippen LogP contribution in [0.2, 0.25) is 0 Å². The molecule has 1 unspecified atom stereocenters. The van der Waals surface area contributed by atoms with Crippen LogP contribution in [0.1, 0.15) is 26.7 Å². The third-order valence-corrected chi connectivity index (χ3v) is 2.71. The van der Waals surface area contributed by atoms with E-state index in [4.69, 9.17) is 4.74 Å². The third kappa shape index (κ3) is 4.40. The van der Waals surface area contributed by atoms with Crippen LogP contribution in [-0.4, -0.2) is 50.3 Å². The highest BCUT2D eigenvalue weighted by atomic mass is 16.5. The van der Waals surface area contributed by atoms with Gasteiger partial charge in [-0.15, -0.1) is 0 Å². The molecule has 1 atom stereocenters. The summed E-state index contributed by atoms with van der Waals surface area (Å²) in [5.74, 6) is 0. The fourth-order valence-corrected chi connectivity index (χ4v) is 1.84. The summed E-state index contributed by atoms with van der Waals surface area (Å²) in [6.45, 7) is 8.57. The van der Waals surface area contributed by atoms with Crippen molar-refractivity contribution in [3.8, 4) is 0 Å². The van der Waals surface area contributed by atoms with Crippen molar-refractivity contribution in [3.05, 3.63) is 0 Å². The Morgan fingerprint density at radius 1 is 1.50 bits per heavy atom. The molecule has 0 aliphatic heterocycles. The fourth-order valence-electron chi connectivity index (χ4n) is 1.84. The SMILES string of the molecule is CCNC(C)CN(CCOC)C1CC1. The summed E-state index contributed by atoms with van der Waals surface area (Å²) in [7, 11) is 1.78. The molecule has 3 nitrogen and oxygen atoms in total. The van der Waals surface area contributed by atoms with Gasteiger partial charge in [0.2, 0.25) is 0 Å². The molecule has 0 saturated heterocycles. The minimum atomic E-state index is 0.595. The van der Waals surface area contributed by atoms with E-state index in [1.807, 2.05) is 0 Å². The highest BCUT2D eigenvalue weighted by molar-refractivity contribution is 4.86. The van der Waals surface area contributed by atoms with Gasteiger partial charge in [0.25, 0.3) is 0 Å². The molecule has 1 aliphatic carbocycles. The fraction of sp³-hybridized carbons (Fsp3) is 1.00. The minimum absolute atomic E-state index is 0.595. The Morgan fingerprint density at radius 3 is 2.71 bits per heavy atom. The molecule has 0 spiro atoms. The van der Waals surface area contributed by atoms with Gasteiger partial charge in [-0.05, 0) is 26.3 Å². The van der Waals surface area contributed by atoms with Crippen molar-refractivity contribution < 1.29 is 4.74 Å². The molecule has 1 aliphatic rings. The number of hydrogen-bond acceptors (Lipinski definition) is 3. The molecule has 1 fully saturated rings. The summed E-state index contributed by atoms with van der Waals surface area (Å²) < 4.78 is 5.13. The average Bonchev–Trinajstić information content (AvgIpc) is 2.95. The van der Waals surface area contributed by atoms with E-state index in [9.17, 15) is 0 Å². The summed E-state index contributed by atoms with van der Waals surface area (Å²) in [6, 6.07) is 1.43. The molecule has 1 N–H and O–H groups in total. The Hall–Kier alpha value is -0.120. The predicted molar refractivity (Wildman–Crippen MR) is 59.6 cm³/mol. The topological polar surface area (TPSA) is 24.5 Å². The molecular weight excluding hydrogens is 176 g/mol. The minimum Gasteiger partial charge on any atom is -0.383 e. The molecule has 14 heavy (non-hydrogen) atoms. The van der Waals surface area contributed by atoms with Crippen molar-refractivity contribution in [2.24, 2.45) is 0 Å². The van der Waals surface area contributed by atoms with Crippen molar-refractivity contribution in [3.63, 3.8) is 0 Å². The Morgan fingerprint density at radius 2 is 2.21 bits per heavy atom. The van der Waals surface area contributed by atoms with E-state index in [1.54, 1.807) is 7.11 Å². The first-order valence-corrected chi connectivity index (χ1v) is 5.74. The molecule has 0 heterocycles. The van der Waals surface area contributed by atoms with Gasteiger partial charge in [0, 0.05) is 32.3 Å². The van der Waals surface area contributed by atoms with Crippen LogP contribution >= 0.6 is 0 Å². The molecule has 0 bridgehead atoms. The number of nitrogens with zero attached hydrogens (tertiary/aromatic N) is 1. The molecule has 0 aromatic rings.